The van der Waals surface area contributed by atoms with Crippen LogP contribution in [-0.2, 0) is 9.53 Å². The molecule has 7 nitrogen and oxygen atoms in total. The Labute approximate surface area is 129 Å². The SMILES string of the molecule is CCOC(=O)c1ccccc1NC(=O)CNC(=O)NC(C)C. The molecule has 22 heavy (non-hydrogen) atoms. The molecule has 0 unspecified atom stereocenters. The Morgan fingerprint density at radius 2 is 1.86 bits per heavy atom. The molecule has 0 saturated heterocycles. The molecule has 3 amide bonds. The zero-order valence-corrected chi connectivity index (χ0v) is 12.9. The van der Waals surface area contributed by atoms with Crippen molar-refractivity contribution in [3.8, 4) is 0 Å². The monoisotopic (exact) mass is 307 g/mol. The van der Waals surface area contributed by atoms with Gasteiger partial charge in [-0.25, -0.2) is 9.59 Å². The fourth-order valence-corrected chi connectivity index (χ4v) is 1.65. The van der Waals surface area contributed by atoms with Gasteiger partial charge in [-0.1, -0.05) is 12.1 Å². The van der Waals surface area contributed by atoms with Crippen molar-refractivity contribution < 1.29 is 19.1 Å². The van der Waals surface area contributed by atoms with Crippen molar-refractivity contribution >= 4 is 23.6 Å². The number of esters is 1. The van der Waals surface area contributed by atoms with Gasteiger partial charge in [-0.05, 0) is 32.9 Å². The number of carbonyl (C=O) groups is 3. The highest BCUT2D eigenvalue weighted by Crippen LogP contribution is 2.15. The maximum absolute atomic E-state index is 11.8. The van der Waals surface area contributed by atoms with Gasteiger partial charge >= 0.3 is 12.0 Å². The van der Waals surface area contributed by atoms with Crippen molar-refractivity contribution in [3.63, 3.8) is 0 Å². The quantitative estimate of drug-likeness (QED) is 0.694. The lowest BCUT2D eigenvalue weighted by molar-refractivity contribution is -0.115. The summed E-state index contributed by atoms with van der Waals surface area (Å²) < 4.78 is 4.92. The van der Waals surface area contributed by atoms with Gasteiger partial charge in [0.1, 0.15) is 0 Å². The fourth-order valence-electron chi connectivity index (χ4n) is 1.65. The van der Waals surface area contributed by atoms with E-state index in [1.165, 1.54) is 0 Å². The van der Waals surface area contributed by atoms with Crippen LogP contribution in [-0.4, -0.2) is 37.1 Å². The zero-order chi connectivity index (χ0) is 16.5. The molecule has 7 heteroatoms. The molecule has 0 aliphatic carbocycles. The molecule has 0 aliphatic rings. The Morgan fingerprint density at radius 3 is 2.50 bits per heavy atom. The maximum Gasteiger partial charge on any atom is 0.340 e. The number of nitrogens with one attached hydrogen (secondary N) is 3. The molecule has 0 aliphatic heterocycles. The number of carbonyl (C=O) groups excluding carboxylic acids is 3. The molecule has 1 rings (SSSR count). The Kier molecular flexibility index (Phi) is 6.88. The Bertz CT molecular complexity index is 543. The van der Waals surface area contributed by atoms with Crippen LogP contribution in [0.1, 0.15) is 31.1 Å². The summed E-state index contributed by atoms with van der Waals surface area (Å²) in [6.45, 7) is 5.38. The summed E-state index contributed by atoms with van der Waals surface area (Å²) in [5.74, 6) is -0.945. The molecule has 1 aromatic rings. The Morgan fingerprint density at radius 1 is 1.18 bits per heavy atom. The molecular weight excluding hydrogens is 286 g/mol. The summed E-state index contributed by atoms with van der Waals surface area (Å²) in [7, 11) is 0. The lowest BCUT2D eigenvalue weighted by atomic mass is 10.2. The third-order valence-electron chi connectivity index (χ3n) is 2.53. The van der Waals surface area contributed by atoms with Crippen LogP contribution in [0.4, 0.5) is 10.5 Å². The van der Waals surface area contributed by atoms with E-state index in [1.807, 2.05) is 13.8 Å². The standard InChI is InChI=1S/C15H21N3O4/c1-4-22-14(20)11-7-5-6-8-12(11)18-13(19)9-16-15(21)17-10(2)3/h5-8,10H,4,9H2,1-3H3,(H,18,19)(H2,16,17,21). The molecule has 1 aromatic carbocycles. The largest absolute Gasteiger partial charge is 0.462 e. The van der Waals surface area contributed by atoms with Gasteiger partial charge in [0.05, 0.1) is 24.4 Å². The van der Waals surface area contributed by atoms with Crippen LogP contribution in [0.25, 0.3) is 0 Å². The van der Waals surface area contributed by atoms with Crippen LogP contribution in [0.2, 0.25) is 0 Å². The van der Waals surface area contributed by atoms with Gasteiger partial charge in [-0.15, -0.1) is 0 Å². The number of rotatable bonds is 6. The van der Waals surface area contributed by atoms with Crippen LogP contribution < -0.4 is 16.0 Å². The van der Waals surface area contributed by atoms with Crippen molar-refractivity contribution in [1.82, 2.24) is 10.6 Å². The number of hydrogen-bond donors (Lipinski definition) is 3. The van der Waals surface area contributed by atoms with E-state index in [9.17, 15) is 14.4 Å². The first-order valence-corrected chi connectivity index (χ1v) is 7.04. The van der Waals surface area contributed by atoms with Crippen molar-refractivity contribution in [1.29, 1.82) is 0 Å². The highest BCUT2D eigenvalue weighted by atomic mass is 16.5. The molecule has 3 N–H and O–H groups in total. The minimum absolute atomic E-state index is 0.0207. The summed E-state index contributed by atoms with van der Waals surface area (Å²) in [5, 5.41) is 7.61. The van der Waals surface area contributed by atoms with Gasteiger partial charge in [0.15, 0.2) is 0 Å². The number of para-hydroxylation sites is 1. The van der Waals surface area contributed by atoms with E-state index < -0.39 is 17.9 Å². The lowest BCUT2D eigenvalue weighted by Crippen LogP contribution is -2.42. The molecule has 0 bridgehead atoms. The zero-order valence-electron chi connectivity index (χ0n) is 12.9. The van der Waals surface area contributed by atoms with Crippen molar-refractivity contribution in [3.05, 3.63) is 29.8 Å². The first-order valence-electron chi connectivity index (χ1n) is 7.04. The molecule has 0 saturated carbocycles. The summed E-state index contributed by atoms with van der Waals surface area (Å²) in [6, 6.07) is 6.08. The first kappa shape index (κ1) is 17.5. The number of anilines is 1. The highest BCUT2D eigenvalue weighted by molar-refractivity contribution is 6.02. The number of ether oxygens (including phenoxy) is 1. The minimum atomic E-state index is -0.510. The maximum atomic E-state index is 11.8. The summed E-state index contributed by atoms with van der Waals surface area (Å²) in [4.78, 5) is 35.0. The van der Waals surface area contributed by atoms with E-state index in [0.29, 0.717) is 5.69 Å². The Balaban J connectivity index is 2.61. The number of urea groups is 1. The van der Waals surface area contributed by atoms with Gasteiger partial charge in [-0.2, -0.15) is 0 Å². The first-order chi connectivity index (χ1) is 10.4. The predicted molar refractivity (Wildman–Crippen MR) is 82.7 cm³/mol. The van der Waals surface area contributed by atoms with Gasteiger partial charge in [0, 0.05) is 6.04 Å². The number of amides is 3. The predicted octanol–water partition coefficient (Wildman–Crippen LogP) is 1.51. The summed E-state index contributed by atoms with van der Waals surface area (Å²) in [5.41, 5.74) is 0.612. The second-order valence-electron chi connectivity index (χ2n) is 4.80. The Hall–Kier alpha value is -2.57. The van der Waals surface area contributed by atoms with E-state index in [0.717, 1.165) is 0 Å². The molecule has 0 spiro atoms. The topological polar surface area (TPSA) is 96.5 Å². The molecule has 0 atom stereocenters. The van der Waals surface area contributed by atoms with Gasteiger partial charge in [-0.3, -0.25) is 4.79 Å². The molecule has 0 heterocycles. The molecule has 120 valence electrons. The fraction of sp³-hybridized carbons (Fsp3) is 0.400. The normalized spacial score (nSPS) is 10.0. The molecule has 0 aromatic heterocycles. The number of benzene rings is 1. The molecule has 0 fully saturated rings. The van der Waals surface area contributed by atoms with E-state index in [4.69, 9.17) is 4.74 Å². The van der Waals surface area contributed by atoms with Crippen molar-refractivity contribution in [2.24, 2.45) is 0 Å². The average Bonchev–Trinajstić information content (AvgIpc) is 2.45. The van der Waals surface area contributed by atoms with E-state index in [2.05, 4.69) is 16.0 Å². The second-order valence-corrected chi connectivity index (χ2v) is 4.80. The highest BCUT2D eigenvalue weighted by Gasteiger charge is 2.14. The summed E-state index contributed by atoms with van der Waals surface area (Å²) in [6.07, 6.45) is 0. The number of hydrogen-bond acceptors (Lipinski definition) is 4. The van der Waals surface area contributed by atoms with E-state index in [1.54, 1.807) is 31.2 Å². The molecular formula is C15H21N3O4. The second kappa shape index (κ2) is 8.66. The van der Waals surface area contributed by atoms with Gasteiger partial charge in [0.25, 0.3) is 0 Å². The van der Waals surface area contributed by atoms with Crippen molar-refractivity contribution in [2.75, 3.05) is 18.5 Å². The van der Waals surface area contributed by atoms with Crippen LogP contribution in [0.5, 0.6) is 0 Å². The van der Waals surface area contributed by atoms with E-state index >= 15 is 0 Å². The minimum Gasteiger partial charge on any atom is -0.462 e. The van der Waals surface area contributed by atoms with Crippen LogP contribution in [0.3, 0.4) is 0 Å². The van der Waals surface area contributed by atoms with Crippen LogP contribution in [0.15, 0.2) is 24.3 Å². The third kappa shape index (κ3) is 5.82. The average molecular weight is 307 g/mol. The van der Waals surface area contributed by atoms with Crippen molar-refractivity contribution in [2.45, 2.75) is 26.8 Å². The van der Waals surface area contributed by atoms with E-state index in [-0.39, 0.29) is 24.8 Å². The smallest absolute Gasteiger partial charge is 0.340 e. The molecule has 0 radical (unpaired) electrons. The van der Waals surface area contributed by atoms with Gasteiger partial charge in [0.2, 0.25) is 5.91 Å². The third-order valence-corrected chi connectivity index (χ3v) is 2.53. The summed E-state index contributed by atoms with van der Waals surface area (Å²) >= 11 is 0. The van der Waals surface area contributed by atoms with Crippen LogP contribution >= 0.6 is 0 Å². The van der Waals surface area contributed by atoms with Crippen LogP contribution in [0, 0.1) is 0 Å². The lowest BCUT2D eigenvalue weighted by Gasteiger charge is -2.12. The van der Waals surface area contributed by atoms with Gasteiger partial charge < -0.3 is 20.7 Å².